The van der Waals surface area contributed by atoms with E-state index in [0.717, 1.165) is 28.4 Å². The van der Waals surface area contributed by atoms with Gasteiger partial charge < -0.3 is 5.32 Å². The van der Waals surface area contributed by atoms with Gasteiger partial charge in [0.1, 0.15) is 17.2 Å². The number of thioether (sulfide) groups is 1. The molecule has 0 aliphatic rings. The van der Waals surface area contributed by atoms with Crippen LogP contribution in [0.1, 0.15) is 0 Å². The van der Waals surface area contributed by atoms with E-state index in [1.165, 1.54) is 4.90 Å². The number of hydrogen-bond donors (Lipinski definition) is 1. The zero-order valence-electron chi connectivity index (χ0n) is 13.9. The van der Waals surface area contributed by atoms with Gasteiger partial charge in [0.2, 0.25) is 0 Å². The molecule has 4 rings (SSSR count). The monoisotopic (exact) mass is 399 g/mol. The summed E-state index contributed by atoms with van der Waals surface area (Å²) >= 11 is 13.9. The Bertz CT molecular complexity index is 1060. The van der Waals surface area contributed by atoms with Crippen molar-refractivity contribution in [3.05, 3.63) is 76.9 Å². The lowest BCUT2D eigenvalue weighted by molar-refractivity contribution is 1.18. The zero-order valence-corrected chi connectivity index (χ0v) is 16.2. The number of halogens is 2. The quantitative estimate of drug-likeness (QED) is 0.383. The highest BCUT2D eigenvalue weighted by Gasteiger charge is 2.15. The third-order valence-corrected chi connectivity index (χ3v) is 5.27. The molecule has 0 aliphatic heterocycles. The van der Waals surface area contributed by atoms with Crippen LogP contribution in [0.25, 0.3) is 16.9 Å². The Morgan fingerprint density at radius 1 is 0.885 bits per heavy atom. The molecule has 0 saturated heterocycles. The molecule has 3 nitrogen and oxygen atoms in total. The number of nitrogens with one attached hydrogen (secondary N) is 1. The van der Waals surface area contributed by atoms with Gasteiger partial charge in [-0.15, -0.1) is 11.8 Å². The van der Waals surface area contributed by atoms with Gasteiger partial charge in [-0.25, -0.2) is 4.98 Å². The lowest BCUT2D eigenvalue weighted by atomic mass is 10.1. The first kappa shape index (κ1) is 17.3. The predicted molar refractivity (Wildman–Crippen MR) is 112 cm³/mol. The van der Waals surface area contributed by atoms with E-state index >= 15 is 0 Å². The van der Waals surface area contributed by atoms with Crippen LogP contribution < -0.4 is 5.32 Å². The van der Waals surface area contributed by atoms with Crippen LogP contribution in [-0.2, 0) is 0 Å². The lowest BCUT2D eigenvalue weighted by Gasteiger charge is -2.09. The fourth-order valence-electron chi connectivity index (χ4n) is 2.76. The molecular weight excluding hydrogens is 385 g/mol. The molecule has 0 fully saturated rings. The molecule has 6 heteroatoms. The van der Waals surface area contributed by atoms with Gasteiger partial charge in [0, 0.05) is 27.4 Å². The van der Waals surface area contributed by atoms with E-state index in [2.05, 4.69) is 35.8 Å². The van der Waals surface area contributed by atoms with E-state index in [-0.39, 0.29) is 0 Å². The number of pyridine rings is 1. The maximum atomic E-state index is 6.21. The number of nitrogens with zero attached hydrogens (tertiary/aromatic N) is 2. The van der Waals surface area contributed by atoms with Crippen molar-refractivity contribution in [2.75, 3.05) is 11.6 Å². The van der Waals surface area contributed by atoms with Gasteiger partial charge >= 0.3 is 0 Å². The molecule has 2 heterocycles. The van der Waals surface area contributed by atoms with Crippen molar-refractivity contribution in [1.29, 1.82) is 0 Å². The summed E-state index contributed by atoms with van der Waals surface area (Å²) in [6.07, 6.45) is 3.93. The molecule has 2 aromatic carbocycles. The normalized spacial score (nSPS) is 11.0. The highest BCUT2D eigenvalue weighted by atomic mass is 35.5. The minimum absolute atomic E-state index is 0.651. The van der Waals surface area contributed by atoms with Crippen LogP contribution in [0.4, 0.5) is 11.5 Å². The lowest BCUT2D eigenvalue weighted by Crippen LogP contribution is -1.97. The van der Waals surface area contributed by atoms with Crippen LogP contribution in [0.3, 0.4) is 0 Å². The Balaban J connectivity index is 1.86. The number of fused-ring (bicyclic) bond motifs is 1. The number of anilines is 2. The molecule has 0 radical (unpaired) electrons. The Morgan fingerprint density at radius 3 is 2.27 bits per heavy atom. The van der Waals surface area contributed by atoms with Crippen molar-refractivity contribution >= 4 is 52.1 Å². The summed E-state index contributed by atoms with van der Waals surface area (Å²) in [7, 11) is 0. The highest BCUT2D eigenvalue weighted by Crippen LogP contribution is 2.33. The van der Waals surface area contributed by atoms with E-state index in [4.69, 9.17) is 28.2 Å². The summed E-state index contributed by atoms with van der Waals surface area (Å²) in [4.78, 5) is 6.02. The third-order valence-electron chi connectivity index (χ3n) is 4.05. The number of rotatable bonds is 4. The van der Waals surface area contributed by atoms with Crippen LogP contribution in [0, 0.1) is 0 Å². The maximum absolute atomic E-state index is 6.21. The first-order valence-electron chi connectivity index (χ1n) is 7.99. The molecule has 26 heavy (non-hydrogen) atoms. The number of hydrogen-bond acceptors (Lipinski definition) is 3. The maximum Gasteiger partial charge on any atom is 0.143 e. The second-order valence-corrected chi connectivity index (χ2v) is 7.50. The van der Waals surface area contributed by atoms with Gasteiger partial charge in [0.05, 0.1) is 5.02 Å². The summed E-state index contributed by atoms with van der Waals surface area (Å²) in [5, 5.41) is 4.80. The van der Waals surface area contributed by atoms with E-state index in [1.807, 2.05) is 47.0 Å². The van der Waals surface area contributed by atoms with E-state index in [0.29, 0.717) is 10.0 Å². The van der Waals surface area contributed by atoms with Crippen LogP contribution in [0.15, 0.2) is 71.8 Å². The summed E-state index contributed by atoms with van der Waals surface area (Å²) in [5.74, 6) is 0.863. The fraction of sp³-hybridized carbons (Fsp3) is 0.0500. The van der Waals surface area contributed by atoms with Crippen LogP contribution in [0.5, 0.6) is 0 Å². The van der Waals surface area contributed by atoms with Crippen molar-refractivity contribution in [2.24, 2.45) is 0 Å². The second-order valence-electron chi connectivity index (χ2n) is 5.74. The average Bonchev–Trinajstić information content (AvgIpc) is 3.01. The summed E-state index contributed by atoms with van der Waals surface area (Å²) in [6.45, 7) is 0. The molecule has 0 amide bonds. The minimum Gasteiger partial charge on any atom is -0.339 e. The summed E-state index contributed by atoms with van der Waals surface area (Å²) in [5.41, 5.74) is 3.67. The van der Waals surface area contributed by atoms with Crippen LogP contribution in [-0.4, -0.2) is 15.6 Å². The van der Waals surface area contributed by atoms with Gasteiger partial charge in [-0.05, 0) is 54.8 Å². The first-order chi connectivity index (χ1) is 12.6. The van der Waals surface area contributed by atoms with Gasteiger partial charge in [-0.2, -0.15) is 0 Å². The molecule has 0 saturated carbocycles. The minimum atomic E-state index is 0.651. The third kappa shape index (κ3) is 3.40. The standard InChI is InChI=1S/C20H15Cl2N3S/c1-26-17-9-2-13(3-10-17)19-20(23-16-7-4-14(21)5-8-16)25-12-15(22)6-11-18(25)24-19/h2-12,23H,1H3. The molecule has 0 spiro atoms. The molecule has 0 atom stereocenters. The molecule has 1 N–H and O–H groups in total. The summed E-state index contributed by atoms with van der Waals surface area (Å²) < 4.78 is 1.97. The molecule has 2 aromatic heterocycles. The topological polar surface area (TPSA) is 29.3 Å². The molecule has 0 bridgehead atoms. The number of aromatic nitrogens is 2. The highest BCUT2D eigenvalue weighted by molar-refractivity contribution is 7.98. The molecule has 0 unspecified atom stereocenters. The number of imidazole rings is 1. The van der Waals surface area contributed by atoms with Crippen molar-refractivity contribution in [2.45, 2.75) is 4.90 Å². The Hall–Kier alpha value is -2.14. The number of benzene rings is 2. The molecule has 4 aromatic rings. The first-order valence-corrected chi connectivity index (χ1v) is 9.97. The smallest absolute Gasteiger partial charge is 0.143 e. The van der Waals surface area contributed by atoms with Crippen molar-refractivity contribution in [3.8, 4) is 11.3 Å². The van der Waals surface area contributed by atoms with Crippen molar-refractivity contribution in [3.63, 3.8) is 0 Å². The van der Waals surface area contributed by atoms with Crippen molar-refractivity contribution < 1.29 is 0 Å². The van der Waals surface area contributed by atoms with Crippen LogP contribution >= 0.6 is 35.0 Å². The van der Waals surface area contributed by atoms with E-state index in [1.54, 1.807) is 11.8 Å². The average molecular weight is 400 g/mol. The van der Waals surface area contributed by atoms with Crippen molar-refractivity contribution in [1.82, 2.24) is 9.38 Å². The molecule has 0 aliphatic carbocycles. The SMILES string of the molecule is CSc1ccc(-c2nc3ccc(Cl)cn3c2Nc2ccc(Cl)cc2)cc1. The van der Waals surface area contributed by atoms with Gasteiger partial charge in [0.25, 0.3) is 0 Å². The zero-order chi connectivity index (χ0) is 18.1. The Labute approximate surface area is 166 Å². The largest absolute Gasteiger partial charge is 0.339 e. The van der Waals surface area contributed by atoms with Gasteiger partial charge in [-0.1, -0.05) is 35.3 Å². The predicted octanol–water partition coefficient (Wildman–Crippen LogP) is 6.77. The van der Waals surface area contributed by atoms with Gasteiger partial charge in [0.15, 0.2) is 0 Å². The molecule has 130 valence electrons. The van der Waals surface area contributed by atoms with Crippen LogP contribution in [0.2, 0.25) is 10.0 Å². The molecular formula is C20H15Cl2N3S. The van der Waals surface area contributed by atoms with Gasteiger partial charge in [-0.3, -0.25) is 4.40 Å². The Kier molecular flexibility index (Phi) is 4.81. The van der Waals surface area contributed by atoms with E-state index < -0.39 is 0 Å². The fourth-order valence-corrected chi connectivity index (χ4v) is 3.45. The Morgan fingerprint density at radius 2 is 1.58 bits per heavy atom. The summed E-state index contributed by atoms with van der Waals surface area (Å²) in [6, 6.07) is 19.7. The van der Waals surface area contributed by atoms with E-state index in [9.17, 15) is 0 Å². The second kappa shape index (κ2) is 7.23.